The highest BCUT2D eigenvalue weighted by Gasteiger charge is 2.31. The van der Waals surface area contributed by atoms with Gasteiger partial charge in [0.05, 0.1) is 12.6 Å². The van der Waals surface area contributed by atoms with Crippen molar-refractivity contribution in [3.05, 3.63) is 0 Å². The maximum Gasteiger partial charge on any atom is 0.320 e. The van der Waals surface area contributed by atoms with Gasteiger partial charge in [-0.2, -0.15) is 0 Å². The average molecular weight is 312 g/mol. The largest absolute Gasteiger partial charge is 0.480 e. The van der Waals surface area contributed by atoms with Crippen LogP contribution in [0, 0.1) is 0 Å². The predicted molar refractivity (Wildman–Crippen MR) is 82.7 cm³/mol. The molecule has 2 fully saturated rings. The molecular formula is C16H28N2O4. The average Bonchev–Trinajstić information content (AvgIpc) is 2.96. The van der Waals surface area contributed by atoms with E-state index in [0.29, 0.717) is 32.2 Å². The van der Waals surface area contributed by atoms with E-state index < -0.39 is 12.0 Å². The maximum absolute atomic E-state index is 11.8. The number of nitrogens with zero attached hydrogens (tertiary/aromatic N) is 1. The molecule has 6 nitrogen and oxygen atoms in total. The van der Waals surface area contributed by atoms with Crippen molar-refractivity contribution in [3.63, 3.8) is 0 Å². The predicted octanol–water partition coefficient (Wildman–Crippen LogP) is 1.39. The van der Waals surface area contributed by atoms with Gasteiger partial charge in [-0.1, -0.05) is 19.3 Å². The number of carbonyl (C=O) groups excluding carboxylic acids is 1. The summed E-state index contributed by atoms with van der Waals surface area (Å²) < 4.78 is 5.81. The van der Waals surface area contributed by atoms with Crippen molar-refractivity contribution in [2.75, 3.05) is 26.2 Å². The second-order valence-corrected chi connectivity index (χ2v) is 6.30. The molecule has 1 atom stereocenters. The molecule has 1 aliphatic heterocycles. The molecule has 0 aromatic carbocycles. The van der Waals surface area contributed by atoms with Crippen LogP contribution in [0.15, 0.2) is 0 Å². The van der Waals surface area contributed by atoms with Crippen LogP contribution in [-0.4, -0.2) is 60.3 Å². The second-order valence-electron chi connectivity index (χ2n) is 6.30. The molecule has 2 rings (SSSR count). The minimum absolute atomic E-state index is 0.0918. The zero-order chi connectivity index (χ0) is 15.8. The van der Waals surface area contributed by atoms with E-state index in [4.69, 9.17) is 9.84 Å². The van der Waals surface area contributed by atoms with Gasteiger partial charge in [-0.05, 0) is 38.6 Å². The van der Waals surface area contributed by atoms with Gasteiger partial charge in [0.1, 0.15) is 6.04 Å². The van der Waals surface area contributed by atoms with E-state index >= 15 is 0 Å². The summed E-state index contributed by atoms with van der Waals surface area (Å²) in [5.41, 5.74) is 0. The molecule has 0 bridgehead atoms. The highest BCUT2D eigenvalue weighted by atomic mass is 16.5. The van der Waals surface area contributed by atoms with E-state index in [-0.39, 0.29) is 12.5 Å². The summed E-state index contributed by atoms with van der Waals surface area (Å²) in [5, 5.41) is 11.9. The summed E-state index contributed by atoms with van der Waals surface area (Å²) in [6, 6.07) is -0.500. The van der Waals surface area contributed by atoms with Crippen molar-refractivity contribution in [2.24, 2.45) is 0 Å². The second kappa shape index (κ2) is 9.10. The number of carboxylic acids is 1. The first-order chi connectivity index (χ1) is 10.7. The summed E-state index contributed by atoms with van der Waals surface area (Å²) >= 11 is 0. The molecule has 0 aromatic rings. The molecule has 2 N–H and O–H groups in total. The SMILES string of the molecule is O=C(CN1CCC[C@@H]1C(=O)O)NCCCOC1CCCCC1. The number of likely N-dealkylation sites (tertiary alicyclic amines) is 1. The summed E-state index contributed by atoms with van der Waals surface area (Å²) in [7, 11) is 0. The van der Waals surface area contributed by atoms with Crippen LogP contribution in [0.1, 0.15) is 51.4 Å². The molecule has 1 aliphatic carbocycles. The van der Waals surface area contributed by atoms with Gasteiger partial charge in [-0.15, -0.1) is 0 Å². The smallest absolute Gasteiger partial charge is 0.320 e. The Balaban J connectivity index is 1.53. The zero-order valence-corrected chi connectivity index (χ0v) is 13.3. The fourth-order valence-corrected chi connectivity index (χ4v) is 3.32. The Bertz CT molecular complexity index is 369. The van der Waals surface area contributed by atoms with Crippen molar-refractivity contribution >= 4 is 11.9 Å². The molecule has 0 unspecified atom stereocenters. The molecule has 126 valence electrons. The first kappa shape index (κ1) is 17.2. The van der Waals surface area contributed by atoms with Crippen LogP contribution in [0.25, 0.3) is 0 Å². The number of carbonyl (C=O) groups is 2. The highest BCUT2D eigenvalue weighted by Crippen LogP contribution is 2.20. The van der Waals surface area contributed by atoms with Crippen LogP contribution in [0.3, 0.4) is 0 Å². The standard InChI is InChI=1S/C16H28N2O4/c19-15(12-18-10-4-8-14(18)16(20)21)17-9-5-11-22-13-6-2-1-3-7-13/h13-14H,1-12H2,(H,17,19)(H,20,21)/t14-/m1/s1. The summed E-state index contributed by atoms with van der Waals surface area (Å²) in [6.07, 6.45) is 8.89. The lowest BCUT2D eigenvalue weighted by atomic mass is 9.98. The van der Waals surface area contributed by atoms with Crippen molar-refractivity contribution in [1.29, 1.82) is 0 Å². The van der Waals surface area contributed by atoms with Gasteiger partial charge in [0.15, 0.2) is 0 Å². The number of rotatable bonds is 8. The lowest BCUT2D eigenvalue weighted by Crippen LogP contribution is -2.43. The number of nitrogens with one attached hydrogen (secondary N) is 1. The quantitative estimate of drug-likeness (QED) is 0.662. The minimum atomic E-state index is -0.828. The third-order valence-electron chi connectivity index (χ3n) is 4.54. The summed E-state index contributed by atoms with van der Waals surface area (Å²) in [6.45, 7) is 2.15. The molecule has 0 radical (unpaired) electrons. The van der Waals surface area contributed by atoms with Crippen LogP contribution in [0.5, 0.6) is 0 Å². The first-order valence-electron chi connectivity index (χ1n) is 8.52. The summed E-state index contributed by atoms with van der Waals surface area (Å²) in [5.74, 6) is -0.919. The Labute approximate surface area is 132 Å². The van der Waals surface area contributed by atoms with E-state index in [9.17, 15) is 9.59 Å². The van der Waals surface area contributed by atoms with E-state index in [0.717, 1.165) is 25.7 Å². The Morgan fingerprint density at radius 2 is 1.91 bits per heavy atom. The van der Waals surface area contributed by atoms with Gasteiger partial charge >= 0.3 is 5.97 Å². The van der Waals surface area contributed by atoms with E-state index in [1.807, 2.05) is 0 Å². The molecule has 1 heterocycles. The van der Waals surface area contributed by atoms with Gasteiger partial charge in [0.25, 0.3) is 0 Å². The third kappa shape index (κ3) is 5.57. The van der Waals surface area contributed by atoms with Crippen LogP contribution >= 0.6 is 0 Å². The maximum atomic E-state index is 11.8. The first-order valence-corrected chi connectivity index (χ1v) is 8.52. The van der Waals surface area contributed by atoms with Gasteiger partial charge in [-0.3, -0.25) is 14.5 Å². The van der Waals surface area contributed by atoms with Crippen molar-refractivity contribution in [3.8, 4) is 0 Å². The fraction of sp³-hybridized carbons (Fsp3) is 0.875. The van der Waals surface area contributed by atoms with Gasteiger partial charge in [-0.25, -0.2) is 0 Å². The lowest BCUT2D eigenvalue weighted by molar-refractivity contribution is -0.142. The van der Waals surface area contributed by atoms with Gasteiger partial charge < -0.3 is 15.2 Å². The summed E-state index contributed by atoms with van der Waals surface area (Å²) in [4.78, 5) is 24.6. The Kier molecular flexibility index (Phi) is 7.12. The Morgan fingerprint density at radius 3 is 2.64 bits per heavy atom. The number of hydrogen-bond donors (Lipinski definition) is 2. The monoisotopic (exact) mass is 312 g/mol. The number of ether oxygens (including phenoxy) is 1. The van der Waals surface area contributed by atoms with Crippen LogP contribution in [0.4, 0.5) is 0 Å². The van der Waals surface area contributed by atoms with Gasteiger partial charge in [0, 0.05) is 13.2 Å². The number of hydrogen-bond acceptors (Lipinski definition) is 4. The molecule has 1 saturated carbocycles. The number of carboxylic acid groups (broad SMARTS) is 1. The molecule has 2 aliphatic rings. The van der Waals surface area contributed by atoms with Crippen molar-refractivity contribution in [2.45, 2.75) is 63.5 Å². The van der Waals surface area contributed by atoms with Gasteiger partial charge in [0.2, 0.25) is 5.91 Å². The molecular weight excluding hydrogens is 284 g/mol. The number of amides is 1. The Hall–Kier alpha value is -1.14. The molecule has 0 aromatic heterocycles. The minimum Gasteiger partial charge on any atom is -0.480 e. The van der Waals surface area contributed by atoms with E-state index in [2.05, 4.69) is 5.32 Å². The highest BCUT2D eigenvalue weighted by molar-refractivity contribution is 5.80. The molecule has 6 heteroatoms. The van der Waals surface area contributed by atoms with Crippen LogP contribution in [0.2, 0.25) is 0 Å². The molecule has 1 amide bonds. The molecule has 1 saturated heterocycles. The van der Waals surface area contributed by atoms with Crippen molar-refractivity contribution < 1.29 is 19.4 Å². The van der Waals surface area contributed by atoms with E-state index in [1.54, 1.807) is 4.90 Å². The lowest BCUT2D eigenvalue weighted by Gasteiger charge is -2.22. The Morgan fingerprint density at radius 1 is 1.14 bits per heavy atom. The normalized spacial score (nSPS) is 23.5. The third-order valence-corrected chi connectivity index (χ3v) is 4.54. The molecule has 22 heavy (non-hydrogen) atoms. The fourth-order valence-electron chi connectivity index (χ4n) is 3.32. The van der Waals surface area contributed by atoms with E-state index in [1.165, 1.54) is 19.3 Å². The van der Waals surface area contributed by atoms with Crippen LogP contribution in [-0.2, 0) is 14.3 Å². The van der Waals surface area contributed by atoms with Crippen molar-refractivity contribution in [1.82, 2.24) is 10.2 Å². The topological polar surface area (TPSA) is 78.9 Å². The number of aliphatic carboxylic acids is 1. The van der Waals surface area contributed by atoms with Crippen LogP contribution < -0.4 is 5.32 Å². The zero-order valence-electron chi connectivity index (χ0n) is 13.3. The molecule has 0 spiro atoms.